The van der Waals surface area contributed by atoms with Crippen LogP contribution < -0.4 is 0 Å². The van der Waals surface area contributed by atoms with E-state index in [0.717, 1.165) is 12.8 Å². The summed E-state index contributed by atoms with van der Waals surface area (Å²) in [5.74, 6) is -0.487. The highest BCUT2D eigenvalue weighted by atomic mass is 19.1. The molecule has 1 amide bonds. The average Bonchev–Trinajstić information content (AvgIpc) is 2.79. The van der Waals surface area contributed by atoms with Crippen LogP contribution in [-0.4, -0.2) is 34.6 Å². The second-order valence-corrected chi connectivity index (χ2v) is 5.34. The number of nitrogens with zero attached hydrogens (tertiary/aromatic N) is 1. The van der Waals surface area contributed by atoms with E-state index < -0.39 is 6.10 Å². The lowest BCUT2D eigenvalue weighted by molar-refractivity contribution is 0.0681. The minimum absolute atomic E-state index is 0.0665. The van der Waals surface area contributed by atoms with E-state index in [1.54, 1.807) is 30.9 Å². The molecular weight excluding hydrogens is 245 g/mol. The number of hydrogen-bond acceptors (Lipinski definition) is 2. The van der Waals surface area contributed by atoms with Gasteiger partial charge in [0.05, 0.1) is 6.10 Å². The Labute approximate surface area is 113 Å². The van der Waals surface area contributed by atoms with Gasteiger partial charge in [0.1, 0.15) is 5.82 Å². The molecule has 3 nitrogen and oxygen atoms in total. The Kier molecular flexibility index (Phi) is 4.20. The van der Waals surface area contributed by atoms with Gasteiger partial charge < -0.3 is 10.0 Å². The number of rotatable bonds is 3. The first-order chi connectivity index (χ1) is 8.99. The van der Waals surface area contributed by atoms with E-state index in [4.69, 9.17) is 0 Å². The van der Waals surface area contributed by atoms with E-state index in [1.165, 1.54) is 6.07 Å². The molecule has 1 aromatic rings. The van der Waals surface area contributed by atoms with E-state index in [1.807, 2.05) is 0 Å². The number of carbonyl (C=O) groups is 1. The average molecular weight is 265 g/mol. The molecule has 0 spiro atoms. The monoisotopic (exact) mass is 265 g/mol. The van der Waals surface area contributed by atoms with Crippen LogP contribution in [-0.2, 0) is 0 Å². The highest BCUT2D eigenvalue weighted by molar-refractivity contribution is 5.94. The second kappa shape index (κ2) is 5.70. The molecule has 1 fully saturated rings. The fraction of sp³-hybridized carbons (Fsp3) is 0.533. The number of carbonyl (C=O) groups excluding carboxylic acids is 1. The van der Waals surface area contributed by atoms with Crippen molar-refractivity contribution in [1.82, 2.24) is 4.90 Å². The van der Waals surface area contributed by atoms with Gasteiger partial charge in [0, 0.05) is 18.2 Å². The Morgan fingerprint density at radius 3 is 2.95 bits per heavy atom. The molecule has 1 N–H and O–H groups in total. The number of aryl methyl sites for hydroxylation is 1. The summed E-state index contributed by atoms with van der Waals surface area (Å²) in [6.07, 6.45) is 2.01. The maximum Gasteiger partial charge on any atom is 0.254 e. The molecule has 1 aliphatic rings. The Morgan fingerprint density at radius 2 is 2.32 bits per heavy atom. The minimum Gasteiger partial charge on any atom is -0.393 e. The molecule has 2 rings (SSSR count). The van der Waals surface area contributed by atoms with E-state index in [-0.39, 0.29) is 17.8 Å². The van der Waals surface area contributed by atoms with Crippen molar-refractivity contribution in [2.75, 3.05) is 6.54 Å². The van der Waals surface area contributed by atoms with Gasteiger partial charge in [-0.1, -0.05) is 6.07 Å². The number of aliphatic hydroxyl groups excluding tert-OH is 1. The van der Waals surface area contributed by atoms with Crippen molar-refractivity contribution >= 4 is 5.91 Å². The van der Waals surface area contributed by atoms with Crippen molar-refractivity contribution in [1.29, 1.82) is 0 Å². The molecule has 0 saturated carbocycles. The lowest BCUT2D eigenvalue weighted by Gasteiger charge is -2.25. The third-order valence-corrected chi connectivity index (χ3v) is 3.67. The van der Waals surface area contributed by atoms with Gasteiger partial charge in [-0.3, -0.25) is 4.79 Å². The molecule has 1 aliphatic heterocycles. The summed E-state index contributed by atoms with van der Waals surface area (Å²) in [6, 6.07) is 4.66. The lowest BCUT2D eigenvalue weighted by Crippen LogP contribution is -2.37. The molecule has 19 heavy (non-hydrogen) atoms. The third-order valence-electron chi connectivity index (χ3n) is 3.67. The van der Waals surface area contributed by atoms with Crippen LogP contribution in [0.3, 0.4) is 0 Å². The fourth-order valence-corrected chi connectivity index (χ4v) is 2.63. The summed E-state index contributed by atoms with van der Waals surface area (Å²) < 4.78 is 13.5. The topological polar surface area (TPSA) is 40.5 Å². The summed E-state index contributed by atoms with van der Waals surface area (Å²) in [6.45, 7) is 4.09. The highest BCUT2D eigenvalue weighted by Gasteiger charge is 2.30. The molecule has 2 atom stereocenters. The highest BCUT2D eigenvalue weighted by Crippen LogP contribution is 2.24. The normalized spacial score (nSPS) is 20.6. The van der Waals surface area contributed by atoms with E-state index >= 15 is 0 Å². The predicted molar refractivity (Wildman–Crippen MR) is 71.5 cm³/mol. The van der Waals surface area contributed by atoms with Crippen molar-refractivity contribution in [2.24, 2.45) is 0 Å². The first kappa shape index (κ1) is 14.0. The van der Waals surface area contributed by atoms with Gasteiger partial charge in [0.15, 0.2) is 0 Å². The summed E-state index contributed by atoms with van der Waals surface area (Å²) in [7, 11) is 0. The molecule has 0 bridgehead atoms. The van der Waals surface area contributed by atoms with Crippen LogP contribution in [0.4, 0.5) is 4.39 Å². The zero-order valence-electron chi connectivity index (χ0n) is 11.4. The van der Waals surface area contributed by atoms with Crippen molar-refractivity contribution in [3.8, 4) is 0 Å². The molecule has 0 aliphatic carbocycles. The first-order valence-electron chi connectivity index (χ1n) is 6.74. The van der Waals surface area contributed by atoms with E-state index in [2.05, 4.69) is 0 Å². The summed E-state index contributed by atoms with van der Waals surface area (Å²) in [5, 5.41) is 9.47. The van der Waals surface area contributed by atoms with Gasteiger partial charge in [0.25, 0.3) is 5.91 Å². The first-order valence-corrected chi connectivity index (χ1v) is 6.74. The number of hydrogen-bond donors (Lipinski definition) is 1. The van der Waals surface area contributed by atoms with Gasteiger partial charge in [-0.2, -0.15) is 0 Å². The molecule has 1 aromatic carbocycles. The van der Waals surface area contributed by atoms with Crippen molar-refractivity contribution in [3.05, 3.63) is 35.1 Å². The van der Waals surface area contributed by atoms with Crippen LogP contribution in [0.2, 0.25) is 0 Å². The van der Waals surface area contributed by atoms with Gasteiger partial charge in [-0.05, 0) is 50.8 Å². The molecule has 0 aromatic heterocycles. The van der Waals surface area contributed by atoms with Gasteiger partial charge >= 0.3 is 0 Å². The molecule has 104 valence electrons. The SMILES string of the molecule is Cc1ccc(C(=O)N2CCCC2CC(C)O)cc1F. The van der Waals surface area contributed by atoms with E-state index in [9.17, 15) is 14.3 Å². The molecule has 2 unspecified atom stereocenters. The van der Waals surface area contributed by atoms with Gasteiger partial charge in [0.2, 0.25) is 0 Å². The van der Waals surface area contributed by atoms with Crippen molar-refractivity contribution < 1.29 is 14.3 Å². The molecule has 0 radical (unpaired) electrons. The van der Waals surface area contributed by atoms with E-state index in [0.29, 0.717) is 24.1 Å². The maximum absolute atomic E-state index is 13.5. The predicted octanol–water partition coefficient (Wildman–Crippen LogP) is 2.51. The summed E-state index contributed by atoms with van der Waals surface area (Å²) in [5.41, 5.74) is 0.930. The number of benzene rings is 1. The minimum atomic E-state index is -0.423. The Bertz CT molecular complexity index is 473. The Hall–Kier alpha value is -1.42. The van der Waals surface area contributed by atoms with Crippen LogP contribution >= 0.6 is 0 Å². The zero-order chi connectivity index (χ0) is 14.0. The number of likely N-dealkylation sites (tertiary alicyclic amines) is 1. The number of amides is 1. The number of aliphatic hydroxyl groups is 1. The Balaban J connectivity index is 2.16. The second-order valence-electron chi connectivity index (χ2n) is 5.34. The standard InChI is InChI=1S/C15H20FNO2/c1-10-5-6-12(9-14(10)16)15(19)17-7-3-4-13(17)8-11(2)18/h5-6,9,11,13,18H,3-4,7-8H2,1-2H3. The van der Waals surface area contributed by atoms with Gasteiger partial charge in [-0.15, -0.1) is 0 Å². The smallest absolute Gasteiger partial charge is 0.254 e. The summed E-state index contributed by atoms with van der Waals surface area (Å²) >= 11 is 0. The van der Waals surface area contributed by atoms with Crippen LogP contribution in [0.1, 0.15) is 42.1 Å². The number of halogens is 1. The third kappa shape index (κ3) is 3.13. The van der Waals surface area contributed by atoms with Crippen molar-refractivity contribution in [2.45, 2.75) is 45.3 Å². The molecular formula is C15H20FNO2. The van der Waals surface area contributed by atoms with Crippen LogP contribution in [0.15, 0.2) is 18.2 Å². The lowest BCUT2D eigenvalue weighted by atomic mass is 10.1. The van der Waals surface area contributed by atoms with Crippen LogP contribution in [0.5, 0.6) is 0 Å². The van der Waals surface area contributed by atoms with Crippen molar-refractivity contribution in [3.63, 3.8) is 0 Å². The zero-order valence-corrected chi connectivity index (χ0v) is 11.4. The molecule has 1 heterocycles. The quantitative estimate of drug-likeness (QED) is 0.912. The van der Waals surface area contributed by atoms with Crippen LogP contribution in [0.25, 0.3) is 0 Å². The Morgan fingerprint density at radius 1 is 1.58 bits per heavy atom. The molecule has 1 saturated heterocycles. The largest absolute Gasteiger partial charge is 0.393 e. The van der Waals surface area contributed by atoms with Gasteiger partial charge in [-0.25, -0.2) is 4.39 Å². The maximum atomic E-state index is 13.5. The van der Waals surface area contributed by atoms with Crippen LogP contribution in [0, 0.1) is 12.7 Å². The summed E-state index contributed by atoms with van der Waals surface area (Å²) in [4.78, 5) is 14.1. The molecule has 4 heteroatoms. The fourth-order valence-electron chi connectivity index (χ4n) is 2.63.